The first-order valence-corrected chi connectivity index (χ1v) is 14.8. The third-order valence-corrected chi connectivity index (χ3v) is 11.0. The number of nitrogens with zero attached hydrogens (tertiary/aromatic N) is 1. The monoisotopic (exact) mass is 553 g/mol. The van der Waals surface area contributed by atoms with Crippen molar-refractivity contribution in [2.45, 2.75) is 41.3 Å². The zero-order chi connectivity index (χ0) is 26.7. The highest BCUT2D eigenvalue weighted by Crippen LogP contribution is 2.57. The molecule has 2 heterocycles. The van der Waals surface area contributed by atoms with E-state index in [0.29, 0.717) is 41.2 Å². The molecule has 38 heavy (non-hydrogen) atoms. The first kappa shape index (κ1) is 26.6. The van der Waals surface area contributed by atoms with Crippen LogP contribution in [0.5, 0.6) is 0 Å². The number of benzene rings is 2. The molecule has 2 aromatic rings. The molecule has 2 aliphatic heterocycles. The molecule has 1 saturated carbocycles. The summed E-state index contributed by atoms with van der Waals surface area (Å²) in [5.41, 5.74) is 0.750. The Morgan fingerprint density at radius 1 is 1.03 bits per heavy atom. The van der Waals surface area contributed by atoms with Gasteiger partial charge in [0.2, 0.25) is 0 Å². The van der Waals surface area contributed by atoms with E-state index in [2.05, 4.69) is 15.8 Å². The number of amides is 2. The minimum absolute atomic E-state index is 0.0916. The summed E-state index contributed by atoms with van der Waals surface area (Å²) in [6.45, 7) is 0. The van der Waals surface area contributed by atoms with Gasteiger partial charge in [0.1, 0.15) is 0 Å². The maximum absolute atomic E-state index is 13.5. The summed E-state index contributed by atoms with van der Waals surface area (Å²) < 4.78 is 4.83. The molecule has 2 aromatic carbocycles. The number of oxime groups is 1. The SMILES string of the molecule is COC(=O)CCCC1C2SCC(NC(=O)c3ccccc3)(/C2=N/O)C2C(NC(=O)c3ccccc3)CSC12. The maximum Gasteiger partial charge on any atom is 0.305 e. The second-order valence-corrected chi connectivity index (χ2v) is 12.3. The van der Waals surface area contributed by atoms with Crippen LogP contribution < -0.4 is 10.6 Å². The normalized spacial score (nSPS) is 30.4. The number of ether oxygens (including phenoxy) is 1. The lowest BCUT2D eigenvalue weighted by Gasteiger charge is -2.48. The van der Waals surface area contributed by atoms with E-state index in [9.17, 15) is 19.6 Å². The summed E-state index contributed by atoms with van der Waals surface area (Å²) in [7, 11) is 1.39. The summed E-state index contributed by atoms with van der Waals surface area (Å²) in [6.07, 6.45) is 1.73. The van der Waals surface area contributed by atoms with Crippen LogP contribution >= 0.6 is 23.5 Å². The molecule has 1 aliphatic carbocycles. The van der Waals surface area contributed by atoms with Gasteiger partial charge >= 0.3 is 5.97 Å². The van der Waals surface area contributed by atoms with Crippen LogP contribution in [0.1, 0.15) is 40.0 Å². The number of carbonyl (C=O) groups excluding carboxylic acids is 3. The second-order valence-electron chi connectivity index (χ2n) is 9.91. The van der Waals surface area contributed by atoms with E-state index >= 15 is 0 Å². The van der Waals surface area contributed by atoms with Gasteiger partial charge in [-0.2, -0.15) is 11.8 Å². The van der Waals surface area contributed by atoms with Gasteiger partial charge in [-0.15, -0.1) is 11.8 Å². The van der Waals surface area contributed by atoms with E-state index in [1.54, 1.807) is 47.8 Å². The van der Waals surface area contributed by atoms with Crippen molar-refractivity contribution in [1.82, 2.24) is 10.6 Å². The lowest BCUT2D eigenvalue weighted by Crippen LogP contribution is -2.69. The van der Waals surface area contributed by atoms with E-state index < -0.39 is 5.54 Å². The Hall–Kier alpha value is -2.98. The molecule has 5 rings (SSSR count). The zero-order valence-corrected chi connectivity index (χ0v) is 22.7. The summed E-state index contributed by atoms with van der Waals surface area (Å²) in [6, 6.07) is 17.8. The largest absolute Gasteiger partial charge is 0.469 e. The third-order valence-electron chi connectivity index (χ3n) is 7.83. The molecule has 6 atom stereocenters. The van der Waals surface area contributed by atoms with Gasteiger partial charge in [-0.3, -0.25) is 14.4 Å². The van der Waals surface area contributed by atoms with Crippen LogP contribution in [0.15, 0.2) is 65.8 Å². The fourth-order valence-electron chi connectivity index (χ4n) is 6.12. The molecule has 2 bridgehead atoms. The van der Waals surface area contributed by atoms with Crippen LogP contribution in [0.25, 0.3) is 0 Å². The van der Waals surface area contributed by atoms with Crippen LogP contribution in [-0.2, 0) is 9.53 Å². The fraction of sp³-hybridized carbons (Fsp3) is 0.429. The number of thioether (sulfide) groups is 2. The number of carbonyl (C=O) groups is 3. The predicted molar refractivity (Wildman–Crippen MR) is 149 cm³/mol. The average Bonchev–Trinajstić information content (AvgIpc) is 3.50. The Labute approximate surface area is 230 Å². The summed E-state index contributed by atoms with van der Waals surface area (Å²) in [5, 5.41) is 20.6. The Bertz CT molecular complexity index is 1210. The number of methoxy groups -OCH3 is 1. The molecule has 2 amide bonds. The molecule has 3 aliphatic rings. The van der Waals surface area contributed by atoms with Gasteiger partial charge in [0.05, 0.1) is 23.6 Å². The van der Waals surface area contributed by atoms with Gasteiger partial charge in [0.25, 0.3) is 11.8 Å². The molecular weight excluding hydrogens is 522 g/mol. The maximum atomic E-state index is 13.5. The van der Waals surface area contributed by atoms with Crippen molar-refractivity contribution in [3.63, 3.8) is 0 Å². The lowest BCUT2D eigenvalue weighted by atomic mass is 9.64. The standard InChI is InChI=1S/C28H31N3O5S2/c1-36-21(32)14-8-13-19-23-22(20(15-37-23)29-26(33)17-9-4-2-5-10-17)28(16-38-24(19)25(28)31-35)30-27(34)18-11-6-3-7-12-18/h2-7,9-12,19-20,22-24,35H,8,13-16H2,1H3,(H,29,33)(H,30,34)/b31-25+. The molecule has 10 heteroatoms. The Kier molecular flexibility index (Phi) is 7.99. The fourth-order valence-corrected chi connectivity index (χ4v) is 9.94. The molecule has 0 radical (unpaired) electrons. The van der Waals surface area contributed by atoms with Crippen molar-refractivity contribution in [3.05, 3.63) is 71.8 Å². The number of fused-ring (bicyclic) bond motifs is 4. The Balaban J connectivity index is 1.47. The highest BCUT2D eigenvalue weighted by Gasteiger charge is 2.66. The smallest absolute Gasteiger partial charge is 0.305 e. The summed E-state index contributed by atoms with van der Waals surface area (Å²) in [4.78, 5) is 38.4. The van der Waals surface area contributed by atoms with E-state index in [1.807, 2.05) is 36.4 Å². The Morgan fingerprint density at radius 2 is 1.68 bits per heavy atom. The van der Waals surface area contributed by atoms with Crippen LogP contribution in [0.2, 0.25) is 0 Å². The number of hydrogen-bond donors (Lipinski definition) is 3. The van der Waals surface area contributed by atoms with Crippen LogP contribution in [0, 0.1) is 11.8 Å². The van der Waals surface area contributed by atoms with Crippen molar-refractivity contribution in [3.8, 4) is 0 Å². The highest BCUT2D eigenvalue weighted by atomic mass is 32.2. The van der Waals surface area contributed by atoms with Crippen molar-refractivity contribution in [1.29, 1.82) is 0 Å². The molecule has 6 unspecified atom stereocenters. The molecule has 0 spiro atoms. The lowest BCUT2D eigenvalue weighted by molar-refractivity contribution is -0.140. The van der Waals surface area contributed by atoms with E-state index in [0.717, 1.165) is 6.42 Å². The Morgan fingerprint density at radius 3 is 2.32 bits per heavy atom. The van der Waals surface area contributed by atoms with Gasteiger partial charge in [0, 0.05) is 46.3 Å². The zero-order valence-electron chi connectivity index (χ0n) is 21.0. The van der Waals surface area contributed by atoms with Crippen molar-refractivity contribution < 1.29 is 24.3 Å². The summed E-state index contributed by atoms with van der Waals surface area (Å²) in [5.74, 6) is 0.508. The van der Waals surface area contributed by atoms with E-state index in [1.165, 1.54) is 7.11 Å². The number of esters is 1. The molecule has 200 valence electrons. The second kappa shape index (κ2) is 11.4. The van der Waals surface area contributed by atoms with E-state index in [4.69, 9.17) is 4.74 Å². The van der Waals surface area contributed by atoms with Gasteiger partial charge in [-0.1, -0.05) is 41.6 Å². The van der Waals surface area contributed by atoms with Gasteiger partial charge in [0.15, 0.2) is 0 Å². The first-order chi connectivity index (χ1) is 18.5. The quantitative estimate of drug-likeness (QED) is 0.260. The van der Waals surface area contributed by atoms with Gasteiger partial charge < -0.3 is 20.6 Å². The third kappa shape index (κ3) is 4.91. The molecular formula is C28H31N3O5S2. The predicted octanol–water partition coefficient (Wildman–Crippen LogP) is 3.60. The van der Waals surface area contributed by atoms with Crippen molar-refractivity contribution >= 4 is 47.0 Å². The molecule has 8 nitrogen and oxygen atoms in total. The number of rotatable bonds is 8. The minimum atomic E-state index is -0.904. The summed E-state index contributed by atoms with van der Waals surface area (Å²) >= 11 is 3.47. The number of nitrogens with one attached hydrogen (secondary N) is 2. The van der Waals surface area contributed by atoms with Crippen LogP contribution in [0.3, 0.4) is 0 Å². The molecule has 3 fully saturated rings. The van der Waals surface area contributed by atoms with Crippen molar-refractivity contribution in [2.75, 3.05) is 18.6 Å². The topological polar surface area (TPSA) is 117 Å². The minimum Gasteiger partial charge on any atom is -0.469 e. The first-order valence-electron chi connectivity index (χ1n) is 12.7. The molecule has 0 aromatic heterocycles. The van der Waals surface area contributed by atoms with Gasteiger partial charge in [-0.25, -0.2) is 0 Å². The highest BCUT2D eigenvalue weighted by molar-refractivity contribution is 8.02. The molecule has 2 saturated heterocycles. The van der Waals surface area contributed by atoms with Crippen molar-refractivity contribution in [2.24, 2.45) is 17.0 Å². The van der Waals surface area contributed by atoms with Crippen LogP contribution in [-0.4, -0.2) is 69.4 Å². The van der Waals surface area contributed by atoms with Gasteiger partial charge in [-0.05, 0) is 43.0 Å². The van der Waals surface area contributed by atoms with Crippen LogP contribution in [0.4, 0.5) is 0 Å². The van der Waals surface area contributed by atoms with E-state index in [-0.39, 0.29) is 46.2 Å². The number of hydrogen-bond acceptors (Lipinski definition) is 8. The average molecular weight is 554 g/mol. The molecule has 3 N–H and O–H groups in total.